The number of benzene rings is 1. The third-order valence-corrected chi connectivity index (χ3v) is 5.76. The van der Waals surface area contributed by atoms with E-state index < -0.39 is 0 Å². The van der Waals surface area contributed by atoms with Crippen LogP contribution in [0.2, 0.25) is 0 Å². The highest BCUT2D eigenvalue weighted by atomic mass is 32.1. The van der Waals surface area contributed by atoms with Gasteiger partial charge < -0.3 is 10.2 Å². The summed E-state index contributed by atoms with van der Waals surface area (Å²) in [6.07, 6.45) is 1.66. The largest absolute Gasteiger partial charge is 0.368 e. The van der Waals surface area contributed by atoms with Crippen molar-refractivity contribution in [2.24, 2.45) is 0 Å². The van der Waals surface area contributed by atoms with Crippen molar-refractivity contribution >= 4 is 27.4 Å². The van der Waals surface area contributed by atoms with E-state index in [0.717, 1.165) is 42.2 Å². The average molecular weight is 369 g/mol. The molecule has 1 N–H and O–H groups in total. The fourth-order valence-electron chi connectivity index (χ4n) is 3.14. The van der Waals surface area contributed by atoms with Crippen molar-refractivity contribution in [1.82, 2.24) is 14.9 Å². The summed E-state index contributed by atoms with van der Waals surface area (Å²) in [6, 6.07) is 8.87. The minimum absolute atomic E-state index is 0.545. The molecule has 0 fully saturated rings. The minimum Gasteiger partial charge on any atom is -0.368 e. The van der Waals surface area contributed by atoms with Crippen LogP contribution in [-0.4, -0.2) is 41.0 Å². The first-order chi connectivity index (χ1) is 12.6. The van der Waals surface area contributed by atoms with Gasteiger partial charge in [-0.3, -0.25) is 0 Å². The summed E-state index contributed by atoms with van der Waals surface area (Å²) in [5, 5.41) is 6.85. The van der Waals surface area contributed by atoms with Crippen molar-refractivity contribution in [2.45, 2.75) is 33.6 Å². The third kappa shape index (κ3) is 4.05. The molecule has 1 aromatic carbocycles. The van der Waals surface area contributed by atoms with Crippen LogP contribution in [0.5, 0.6) is 0 Å². The molecular formula is C21H28N4S. The number of fused-ring (bicyclic) bond motifs is 1. The molecule has 0 spiro atoms. The maximum atomic E-state index is 4.53. The zero-order valence-corrected chi connectivity index (χ0v) is 16.9. The summed E-state index contributed by atoms with van der Waals surface area (Å²) in [4.78, 5) is 12.4. The van der Waals surface area contributed by atoms with Gasteiger partial charge in [0.05, 0.1) is 5.39 Å². The summed E-state index contributed by atoms with van der Waals surface area (Å²) >= 11 is 1.68. The van der Waals surface area contributed by atoms with E-state index in [2.05, 4.69) is 77.5 Å². The number of likely N-dealkylation sites (N-methyl/N-ethyl adjacent to an activating group) is 1. The zero-order valence-electron chi connectivity index (χ0n) is 16.1. The van der Waals surface area contributed by atoms with E-state index in [9.17, 15) is 0 Å². The first-order valence-corrected chi connectivity index (χ1v) is 10.3. The first-order valence-electron chi connectivity index (χ1n) is 9.42. The molecule has 0 aliphatic carbocycles. The Hall–Kier alpha value is -1.98. The minimum atomic E-state index is 0.545. The lowest BCUT2D eigenvalue weighted by Crippen LogP contribution is -2.28. The highest BCUT2D eigenvalue weighted by Gasteiger charge is 2.13. The van der Waals surface area contributed by atoms with Gasteiger partial charge in [0.25, 0.3) is 0 Å². The molecule has 0 radical (unpaired) electrons. The molecule has 0 aliphatic heterocycles. The van der Waals surface area contributed by atoms with Crippen LogP contribution < -0.4 is 5.32 Å². The quantitative estimate of drug-likeness (QED) is 0.591. The predicted molar refractivity (Wildman–Crippen MR) is 113 cm³/mol. The Bertz CT molecular complexity index is 835. The van der Waals surface area contributed by atoms with Gasteiger partial charge in [0.2, 0.25) is 0 Å². The predicted octanol–water partition coefficient (Wildman–Crippen LogP) is 5.24. The first kappa shape index (κ1) is 18.8. The smallest absolute Gasteiger partial charge is 0.138 e. The maximum absolute atomic E-state index is 4.53. The fourth-order valence-corrected chi connectivity index (χ4v) is 4.06. The summed E-state index contributed by atoms with van der Waals surface area (Å²) in [5.74, 6) is 1.48. The van der Waals surface area contributed by atoms with Gasteiger partial charge in [-0.25, -0.2) is 9.97 Å². The molecule has 3 rings (SSSR count). The van der Waals surface area contributed by atoms with E-state index in [1.165, 1.54) is 16.7 Å². The van der Waals surface area contributed by atoms with Crippen molar-refractivity contribution in [3.8, 4) is 11.1 Å². The summed E-state index contributed by atoms with van der Waals surface area (Å²) in [7, 11) is 0. The standard InChI is InChI=1S/C21H28N4S/c1-5-25(6-2)12-11-22-20-19-18(13-26-21(19)24-14-23-20)17-9-7-16(8-10-17)15(3)4/h7-10,13-15H,5-6,11-12H2,1-4H3,(H,22,23,24). The molecule has 0 saturated heterocycles. The summed E-state index contributed by atoms with van der Waals surface area (Å²) < 4.78 is 0. The van der Waals surface area contributed by atoms with E-state index >= 15 is 0 Å². The number of hydrogen-bond donors (Lipinski definition) is 1. The number of rotatable bonds is 8. The van der Waals surface area contributed by atoms with E-state index in [1.807, 2.05) is 0 Å². The molecule has 0 unspecified atom stereocenters. The van der Waals surface area contributed by atoms with Crippen LogP contribution in [0.4, 0.5) is 5.82 Å². The molecule has 0 amide bonds. The molecular weight excluding hydrogens is 340 g/mol. The highest BCUT2D eigenvalue weighted by molar-refractivity contribution is 7.17. The van der Waals surface area contributed by atoms with Crippen molar-refractivity contribution < 1.29 is 0 Å². The van der Waals surface area contributed by atoms with Crippen LogP contribution in [0.15, 0.2) is 36.0 Å². The lowest BCUT2D eigenvalue weighted by Gasteiger charge is -2.18. The van der Waals surface area contributed by atoms with Gasteiger partial charge >= 0.3 is 0 Å². The Morgan fingerprint density at radius 2 is 1.81 bits per heavy atom. The number of thiophene rings is 1. The average Bonchev–Trinajstić information content (AvgIpc) is 3.10. The number of hydrogen-bond acceptors (Lipinski definition) is 5. The molecule has 4 nitrogen and oxygen atoms in total. The van der Waals surface area contributed by atoms with Crippen molar-refractivity contribution in [3.63, 3.8) is 0 Å². The monoisotopic (exact) mass is 368 g/mol. The Morgan fingerprint density at radius 1 is 1.08 bits per heavy atom. The van der Waals surface area contributed by atoms with Gasteiger partial charge in [-0.1, -0.05) is 52.0 Å². The van der Waals surface area contributed by atoms with Gasteiger partial charge in [0, 0.05) is 24.0 Å². The van der Waals surface area contributed by atoms with E-state index in [1.54, 1.807) is 17.7 Å². The number of nitrogens with zero attached hydrogens (tertiary/aromatic N) is 3. The third-order valence-electron chi connectivity index (χ3n) is 4.87. The molecule has 138 valence electrons. The van der Waals surface area contributed by atoms with E-state index in [4.69, 9.17) is 0 Å². The second-order valence-electron chi connectivity index (χ2n) is 6.78. The van der Waals surface area contributed by atoms with E-state index in [0.29, 0.717) is 5.92 Å². The molecule has 0 bridgehead atoms. The normalized spacial score (nSPS) is 11.6. The number of nitrogens with one attached hydrogen (secondary N) is 1. The lowest BCUT2D eigenvalue weighted by atomic mass is 9.99. The van der Waals surface area contributed by atoms with Crippen LogP contribution in [-0.2, 0) is 0 Å². The molecule has 0 atom stereocenters. The lowest BCUT2D eigenvalue weighted by molar-refractivity contribution is 0.316. The van der Waals surface area contributed by atoms with Gasteiger partial charge in [-0.15, -0.1) is 11.3 Å². The highest BCUT2D eigenvalue weighted by Crippen LogP contribution is 2.36. The van der Waals surface area contributed by atoms with Gasteiger partial charge in [-0.05, 0) is 30.1 Å². The SMILES string of the molecule is CCN(CC)CCNc1ncnc2scc(-c3ccc(C(C)C)cc3)c12. The molecule has 3 aromatic rings. The van der Waals surface area contributed by atoms with Crippen LogP contribution in [0.1, 0.15) is 39.2 Å². The van der Waals surface area contributed by atoms with Crippen molar-refractivity contribution in [2.75, 3.05) is 31.5 Å². The number of aromatic nitrogens is 2. The molecule has 0 saturated carbocycles. The Morgan fingerprint density at radius 3 is 2.46 bits per heavy atom. The molecule has 5 heteroatoms. The second-order valence-corrected chi connectivity index (χ2v) is 7.64. The molecule has 2 aromatic heterocycles. The van der Waals surface area contributed by atoms with Crippen LogP contribution in [0, 0.1) is 0 Å². The molecule has 0 aliphatic rings. The van der Waals surface area contributed by atoms with Gasteiger partial charge in [0.15, 0.2) is 0 Å². The zero-order chi connectivity index (χ0) is 18.5. The Kier molecular flexibility index (Phi) is 6.22. The van der Waals surface area contributed by atoms with Crippen molar-refractivity contribution in [3.05, 3.63) is 41.5 Å². The molecule has 2 heterocycles. The molecule has 26 heavy (non-hydrogen) atoms. The van der Waals surface area contributed by atoms with E-state index in [-0.39, 0.29) is 0 Å². The Balaban J connectivity index is 1.87. The summed E-state index contributed by atoms with van der Waals surface area (Å²) in [6.45, 7) is 12.9. The van der Waals surface area contributed by atoms with Gasteiger partial charge in [-0.2, -0.15) is 0 Å². The van der Waals surface area contributed by atoms with Crippen LogP contribution in [0.25, 0.3) is 21.3 Å². The number of anilines is 1. The van der Waals surface area contributed by atoms with Gasteiger partial charge in [0.1, 0.15) is 17.0 Å². The van der Waals surface area contributed by atoms with Crippen molar-refractivity contribution in [1.29, 1.82) is 0 Å². The topological polar surface area (TPSA) is 41.0 Å². The summed E-state index contributed by atoms with van der Waals surface area (Å²) in [5.41, 5.74) is 3.80. The Labute approximate surface area is 160 Å². The van der Waals surface area contributed by atoms with Crippen LogP contribution >= 0.6 is 11.3 Å². The second kappa shape index (κ2) is 8.60. The fraction of sp³-hybridized carbons (Fsp3) is 0.429. The van der Waals surface area contributed by atoms with Crippen LogP contribution in [0.3, 0.4) is 0 Å². The maximum Gasteiger partial charge on any atom is 0.138 e.